The molecule has 0 radical (unpaired) electrons. The van der Waals surface area contributed by atoms with Gasteiger partial charge in [-0.25, -0.2) is 0 Å². The van der Waals surface area contributed by atoms with Crippen molar-refractivity contribution >= 4 is 24.5 Å². The molecule has 0 saturated carbocycles. The van der Waals surface area contributed by atoms with E-state index in [4.69, 9.17) is 9.15 Å². The number of para-hydroxylation sites is 1. The van der Waals surface area contributed by atoms with E-state index in [0.717, 1.165) is 30.8 Å². The number of hydrogen-bond donors (Lipinski definition) is 0. The Balaban J connectivity index is 0.00000245. The summed E-state index contributed by atoms with van der Waals surface area (Å²) in [7, 11) is 0. The average Bonchev–Trinajstić information content (AvgIpc) is 3.25. The van der Waals surface area contributed by atoms with Gasteiger partial charge in [-0.15, -0.1) is 0 Å². The predicted octanol–water partition coefficient (Wildman–Crippen LogP) is 5.01. The molecule has 5 nitrogen and oxygen atoms in total. The minimum Gasteiger partial charge on any atom is -0.492 e. The van der Waals surface area contributed by atoms with E-state index in [1.807, 2.05) is 54.9 Å². The molecule has 6 heteroatoms. The third kappa shape index (κ3) is 4.87. The number of likely N-dealkylation sites (tertiary alicyclic amines) is 1. The molecule has 32 heavy (non-hydrogen) atoms. The molecule has 2 aromatic heterocycles. The van der Waals surface area contributed by atoms with Crippen LogP contribution in [0.1, 0.15) is 18.4 Å². The standard InChI is InChI=1S/C26H24N2O3.H2S/c29-24-16-26(31-25-6-2-1-5-23(24)25)20-7-9-22(10-8-20)30-18-21-4-3-15-28(21)17-19-11-13-27-14-12-19;/h1-2,5-14,16,21H,3-4,15,17-18H2;1H2/t21-;/m0./s1. The van der Waals surface area contributed by atoms with Crippen LogP contribution in [-0.4, -0.2) is 29.1 Å². The van der Waals surface area contributed by atoms with Crippen LogP contribution in [0.5, 0.6) is 5.75 Å². The van der Waals surface area contributed by atoms with Crippen molar-refractivity contribution in [2.75, 3.05) is 13.2 Å². The zero-order valence-electron chi connectivity index (χ0n) is 17.7. The van der Waals surface area contributed by atoms with Gasteiger partial charge in [0.2, 0.25) is 0 Å². The second-order valence-corrected chi connectivity index (χ2v) is 7.93. The molecule has 5 rings (SSSR count). The van der Waals surface area contributed by atoms with Crippen molar-refractivity contribution in [1.82, 2.24) is 9.88 Å². The molecule has 0 N–H and O–H groups in total. The van der Waals surface area contributed by atoms with Crippen molar-refractivity contribution in [2.24, 2.45) is 0 Å². The number of rotatable bonds is 6. The van der Waals surface area contributed by atoms with Gasteiger partial charge in [-0.3, -0.25) is 14.7 Å². The molecule has 0 spiro atoms. The Kier molecular flexibility index (Phi) is 6.93. The van der Waals surface area contributed by atoms with Crippen LogP contribution in [0.4, 0.5) is 0 Å². The lowest BCUT2D eigenvalue weighted by molar-refractivity contribution is 0.167. The fraction of sp³-hybridized carbons (Fsp3) is 0.231. The monoisotopic (exact) mass is 446 g/mol. The first-order valence-corrected chi connectivity index (χ1v) is 10.7. The fourth-order valence-corrected chi connectivity index (χ4v) is 4.17. The quantitative estimate of drug-likeness (QED) is 0.417. The van der Waals surface area contributed by atoms with Crippen LogP contribution in [0.3, 0.4) is 0 Å². The van der Waals surface area contributed by atoms with Gasteiger partial charge in [0, 0.05) is 36.6 Å². The lowest BCUT2D eigenvalue weighted by atomic mass is 10.1. The molecule has 0 aliphatic carbocycles. The summed E-state index contributed by atoms with van der Waals surface area (Å²) in [6.45, 7) is 2.68. The number of benzene rings is 2. The van der Waals surface area contributed by atoms with Gasteiger partial charge in [0.05, 0.1) is 5.39 Å². The van der Waals surface area contributed by atoms with Crippen molar-refractivity contribution in [3.05, 3.63) is 94.9 Å². The summed E-state index contributed by atoms with van der Waals surface area (Å²) >= 11 is 0. The molecule has 164 valence electrons. The summed E-state index contributed by atoms with van der Waals surface area (Å²) in [5.74, 6) is 1.39. The maximum atomic E-state index is 12.4. The third-order valence-corrected chi connectivity index (χ3v) is 5.85. The van der Waals surface area contributed by atoms with Gasteiger partial charge in [-0.1, -0.05) is 12.1 Å². The lowest BCUT2D eigenvalue weighted by Gasteiger charge is -2.24. The SMILES string of the molecule is O=c1cc(-c2ccc(OC[C@@H]3CCCN3Cc3ccncc3)cc2)oc2ccccc12.S. The number of pyridine rings is 1. The molecule has 1 atom stereocenters. The van der Waals surface area contributed by atoms with Crippen molar-refractivity contribution < 1.29 is 9.15 Å². The number of fused-ring (bicyclic) bond motifs is 1. The third-order valence-electron chi connectivity index (χ3n) is 5.85. The summed E-state index contributed by atoms with van der Waals surface area (Å²) in [6, 6.07) is 21.2. The number of ether oxygens (including phenoxy) is 1. The van der Waals surface area contributed by atoms with Crippen molar-refractivity contribution in [2.45, 2.75) is 25.4 Å². The maximum absolute atomic E-state index is 12.4. The Hall–Kier alpha value is -3.09. The summed E-state index contributed by atoms with van der Waals surface area (Å²) in [5.41, 5.74) is 2.70. The van der Waals surface area contributed by atoms with Gasteiger partial charge >= 0.3 is 0 Å². The highest BCUT2D eigenvalue weighted by atomic mass is 32.1. The number of hydrogen-bond acceptors (Lipinski definition) is 5. The van der Waals surface area contributed by atoms with E-state index in [1.54, 1.807) is 12.1 Å². The smallest absolute Gasteiger partial charge is 0.193 e. The van der Waals surface area contributed by atoms with E-state index < -0.39 is 0 Å². The molecule has 2 aromatic carbocycles. The van der Waals surface area contributed by atoms with Crippen LogP contribution >= 0.6 is 13.5 Å². The van der Waals surface area contributed by atoms with Crippen molar-refractivity contribution in [3.8, 4) is 17.1 Å². The molecule has 3 heterocycles. The van der Waals surface area contributed by atoms with Crippen LogP contribution in [0, 0.1) is 0 Å². The van der Waals surface area contributed by atoms with Gasteiger partial charge in [-0.2, -0.15) is 13.5 Å². The van der Waals surface area contributed by atoms with Crippen LogP contribution < -0.4 is 10.2 Å². The van der Waals surface area contributed by atoms with Crippen LogP contribution in [0.2, 0.25) is 0 Å². The minimum atomic E-state index is -0.0345. The molecule has 1 aliphatic rings. The largest absolute Gasteiger partial charge is 0.492 e. The molecular formula is C26H26N2O3S. The summed E-state index contributed by atoms with van der Waals surface area (Å²) in [6.07, 6.45) is 6.02. The molecule has 0 amide bonds. The molecule has 1 saturated heterocycles. The normalized spacial score (nSPS) is 16.1. The second-order valence-electron chi connectivity index (χ2n) is 7.93. The first-order valence-electron chi connectivity index (χ1n) is 10.7. The van der Waals surface area contributed by atoms with Crippen LogP contribution in [-0.2, 0) is 6.54 Å². The van der Waals surface area contributed by atoms with E-state index >= 15 is 0 Å². The van der Waals surface area contributed by atoms with Gasteiger partial charge in [0.25, 0.3) is 0 Å². The van der Waals surface area contributed by atoms with Crippen molar-refractivity contribution in [3.63, 3.8) is 0 Å². The molecule has 0 unspecified atom stereocenters. The minimum absolute atomic E-state index is 0. The predicted molar refractivity (Wildman–Crippen MR) is 131 cm³/mol. The van der Waals surface area contributed by atoms with E-state index in [0.29, 0.717) is 29.4 Å². The summed E-state index contributed by atoms with van der Waals surface area (Å²) < 4.78 is 12.0. The zero-order chi connectivity index (χ0) is 21.0. The molecule has 0 bridgehead atoms. The highest BCUT2D eigenvalue weighted by molar-refractivity contribution is 7.59. The van der Waals surface area contributed by atoms with Gasteiger partial charge < -0.3 is 9.15 Å². The van der Waals surface area contributed by atoms with Crippen molar-refractivity contribution in [1.29, 1.82) is 0 Å². The van der Waals surface area contributed by atoms with Gasteiger partial charge in [0.15, 0.2) is 5.43 Å². The highest BCUT2D eigenvalue weighted by Gasteiger charge is 2.25. The Labute approximate surface area is 194 Å². The Bertz CT molecular complexity index is 1230. The topological polar surface area (TPSA) is 55.6 Å². The van der Waals surface area contributed by atoms with Gasteiger partial charge in [0.1, 0.15) is 23.7 Å². The first kappa shape index (κ1) is 22.1. The highest BCUT2D eigenvalue weighted by Crippen LogP contribution is 2.25. The zero-order valence-corrected chi connectivity index (χ0v) is 18.7. The van der Waals surface area contributed by atoms with Crippen LogP contribution in [0.25, 0.3) is 22.3 Å². The number of aromatic nitrogens is 1. The Morgan fingerprint density at radius 3 is 2.62 bits per heavy atom. The first-order chi connectivity index (χ1) is 15.3. The van der Waals surface area contributed by atoms with E-state index in [-0.39, 0.29) is 18.9 Å². The van der Waals surface area contributed by atoms with Gasteiger partial charge in [-0.05, 0) is 73.5 Å². The summed E-state index contributed by atoms with van der Waals surface area (Å²) in [5, 5.41) is 0.596. The van der Waals surface area contributed by atoms with E-state index in [2.05, 4.69) is 22.0 Å². The summed E-state index contributed by atoms with van der Waals surface area (Å²) in [4.78, 5) is 18.9. The molecular weight excluding hydrogens is 420 g/mol. The van der Waals surface area contributed by atoms with E-state index in [9.17, 15) is 4.79 Å². The second kappa shape index (κ2) is 10.0. The average molecular weight is 447 g/mol. The maximum Gasteiger partial charge on any atom is 0.193 e. The molecule has 1 fully saturated rings. The lowest BCUT2D eigenvalue weighted by Crippen LogP contribution is -2.33. The molecule has 4 aromatic rings. The Morgan fingerprint density at radius 2 is 1.81 bits per heavy atom. The van der Waals surface area contributed by atoms with Crippen LogP contribution in [0.15, 0.2) is 88.3 Å². The van der Waals surface area contributed by atoms with E-state index in [1.165, 1.54) is 12.0 Å². The molecule has 1 aliphatic heterocycles. The fourth-order valence-electron chi connectivity index (χ4n) is 4.17. The Morgan fingerprint density at radius 1 is 1.03 bits per heavy atom. The number of nitrogens with zero attached hydrogens (tertiary/aromatic N) is 2.